The molecule has 3 heterocycles. The number of likely N-dealkylation sites (tertiary alicyclic amines) is 1. The summed E-state index contributed by atoms with van der Waals surface area (Å²) in [6.07, 6.45) is 5.89. The van der Waals surface area contributed by atoms with Gasteiger partial charge in [0.1, 0.15) is 12.4 Å². The van der Waals surface area contributed by atoms with Gasteiger partial charge in [0.15, 0.2) is 5.82 Å². The molecule has 120 valence electrons. The minimum Gasteiger partial charge on any atom is -0.395 e. The fourth-order valence-electron chi connectivity index (χ4n) is 3.21. The van der Waals surface area contributed by atoms with Crippen LogP contribution < -0.4 is 0 Å². The fraction of sp³-hybridized carbons (Fsp3) is 0.667. The van der Waals surface area contributed by atoms with Gasteiger partial charge in [0.05, 0.1) is 6.61 Å². The largest absolute Gasteiger partial charge is 0.395 e. The van der Waals surface area contributed by atoms with Crippen molar-refractivity contribution in [3.05, 3.63) is 30.1 Å². The number of piperidine rings is 1. The molecule has 0 aromatic carbocycles. The maximum Gasteiger partial charge on any atom is 0.154 e. The molecule has 2 aromatic heterocycles. The highest BCUT2D eigenvalue weighted by molar-refractivity contribution is 5.04. The van der Waals surface area contributed by atoms with E-state index in [1.807, 2.05) is 16.9 Å². The first kappa shape index (κ1) is 15.2. The lowest BCUT2D eigenvalue weighted by Crippen LogP contribution is -2.35. The molecule has 0 radical (unpaired) electrons. The van der Waals surface area contributed by atoms with E-state index in [0.717, 1.165) is 50.7 Å². The van der Waals surface area contributed by atoms with Gasteiger partial charge < -0.3 is 14.6 Å². The fourth-order valence-corrected chi connectivity index (χ4v) is 3.21. The van der Waals surface area contributed by atoms with Crippen LogP contribution in [0.2, 0.25) is 0 Å². The second-order valence-corrected chi connectivity index (χ2v) is 5.76. The molecule has 0 saturated carbocycles. The molecular weight excluding hydrogens is 280 g/mol. The van der Waals surface area contributed by atoms with E-state index in [1.54, 1.807) is 6.20 Å². The zero-order valence-electron chi connectivity index (χ0n) is 13.1. The Morgan fingerprint density at radius 2 is 2.09 bits per heavy atom. The van der Waals surface area contributed by atoms with Gasteiger partial charge in [-0.3, -0.25) is 4.68 Å². The molecule has 1 fully saturated rings. The van der Waals surface area contributed by atoms with Crippen LogP contribution in [0.3, 0.4) is 0 Å². The molecule has 22 heavy (non-hydrogen) atoms. The molecule has 1 aliphatic heterocycles. The number of nitrogens with zero attached hydrogens (tertiary/aromatic N) is 6. The predicted molar refractivity (Wildman–Crippen MR) is 82.5 cm³/mol. The van der Waals surface area contributed by atoms with Crippen molar-refractivity contribution >= 4 is 0 Å². The number of β-amino-alcohol motifs (C(OH)–C–C–N with tert-alkyl or cyclic N) is 1. The van der Waals surface area contributed by atoms with Crippen molar-refractivity contribution in [2.24, 2.45) is 0 Å². The normalized spacial score (nSPS) is 17.2. The monoisotopic (exact) mass is 304 g/mol. The molecule has 0 atom stereocenters. The summed E-state index contributed by atoms with van der Waals surface area (Å²) in [6.45, 7) is 6.75. The number of hydrogen-bond donors (Lipinski definition) is 1. The standard InChI is InChI=1S/C15H24N6O/c1-2-21-14(12-20-7-3-6-16-20)17-18-15(21)13-4-8-19(9-5-13)10-11-22/h3,6-7,13,22H,2,4-5,8-12H2,1H3. The van der Waals surface area contributed by atoms with Crippen LogP contribution >= 0.6 is 0 Å². The zero-order chi connectivity index (χ0) is 15.4. The summed E-state index contributed by atoms with van der Waals surface area (Å²) in [4.78, 5) is 2.31. The van der Waals surface area contributed by atoms with Crippen LogP contribution in [0.15, 0.2) is 18.5 Å². The molecule has 1 saturated heterocycles. The van der Waals surface area contributed by atoms with Crippen molar-refractivity contribution in [2.75, 3.05) is 26.2 Å². The molecule has 0 spiro atoms. The molecule has 0 aliphatic carbocycles. The van der Waals surface area contributed by atoms with Crippen molar-refractivity contribution in [2.45, 2.75) is 38.8 Å². The van der Waals surface area contributed by atoms with Crippen LogP contribution in [0, 0.1) is 0 Å². The third kappa shape index (κ3) is 3.20. The van der Waals surface area contributed by atoms with E-state index in [-0.39, 0.29) is 6.61 Å². The molecule has 3 rings (SSSR count). The van der Waals surface area contributed by atoms with Gasteiger partial charge in [-0.25, -0.2) is 0 Å². The molecule has 1 aliphatic rings. The smallest absolute Gasteiger partial charge is 0.154 e. The second kappa shape index (κ2) is 7.02. The number of aliphatic hydroxyl groups is 1. The third-order valence-electron chi connectivity index (χ3n) is 4.40. The Hall–Kier alpha value is -1.73. The van der Waals surface area contributed by atoms with Crippen LogP contribution in [-0.4, -0.2) is 60.8 Å². The van der Waals surface area contributed by atoms with E-state index in [2.05, 4.69) is 31.7 Å². The van der Waals surface area contributed by atoms with Gasteiger partial charge >= 0.3 is 0 Å². The Labute approximate surface area is 130 Å². The Balaban J connectivity index is 1.70. The average molecular weight is 304 g/mol. The van der Waals surface area contributed by atoms with Crippen molar-refractivity contribution < 1.29 is 5.11 Å². The Kier molecular flexibility index (Phi) is 4.84. The van der Waals surface area contributed by atoms with Gasteiger partial charge in [0, 0.05) is 31.4 Å². The first-order chi connectivity index (χ1) is 10.8. The van der Waals surface area contributed by atoms with Gasteiger partial charge in [-0.2, -0.15) is 5.10 Å². The number of aromatic nitrogens is 5. The molecule has 7 nitrogen and oxygen atoms in total. The van der Waals surface area contributed by atoms with Crippen LogP contribution in [0.5, 0.6) is 0 Å². The van der Waals surface area contributed by atoms with Crippen molar-refractivity contribution in [1.82, 2.24) is 29.4 Å². The van der Waals surface area contributed by atoms with Crippen LogP contribution in [0.25, 0.3) is 0 Å². The van der Waals surface area contributed by atoms with Gasteiger partial charge in [0.2, 0.25) is 0 Å². The lowest BCUT2D eigenvalue weighted by molar-refractivity contribution is 0.162. The van der Waals surface area contributed by atoms with E-state index < -0.39 is 0 Å². The van der Waals surface area contributed by atoms with E-state index >= 15 is 0 Å². The summed E-state index contributed by atoms with van der Waals surface area (Å²) in [5.74, 6) is 2.54. The summed E-state index contributed by atoms with van der Waals surface area (Å²) in [5, 5.41) is 22.1. The summed E-state index contributed by atoms with van der Waals surface area (Å²) >= 11 is 0. The lowest BCUT2D eigenvalue weighted by atomic mass is 9.96. The Bertz CT molecular complexity index is 571. The number of rotatable bonds is 6. The minimum atomic E-state index is 0.240. The summed E-state index contributed by atoms with van der Waals surface area (Å²) < 4.78 is 4.11. The maximum atomic E-state index is 9.03. The lowest BCUT2D eigenvalue weighted by Gasteiger charge is -2.31. The Morgan fingerprint density at radius 3 is 2.73 bits per heavy atom. The summed E-state index contributed by atoms with van der Waals surface area (Å²) in [7, 11) is 0. The highest BCUT2D eigenvalue weighted by Gasteiger charge is 2.25. The number of aliphatic hydroxyl groups excluding tert-OH is 1. The number of hydrogen-bond acceptors (Lipinski definition) is 5. The van der Waals surface area contributed by atoms with E-state index in [9.17, 15) is 0 Å². The Morgan fingerprint density at radius 1 is 1.27 bits per heavy atom. The van der Waals surface area contributed by atoms with Crippen molar-refractivity contribution in [3.63, 3.8) is 0 Å². The molecule has 0 bridgehead atoms. The van der Waals surface area contributed by atoms with Gasteiger partial charge in [-0.05, 0) is 38.9 Å². The van der Waals surface area contributed by atoms with Gasteiger partial charge in [-0.15, -0.1) is 10.2 Å². The second-order valence-electron chi connectivity index (χ2n) is 5.76. The molecule has 0 unspecified atom stereocenters. The van der Waals surface area contributed by atoms with E-state index in [1.165, 1.54) is 0 Å². The molecule has 1 N–H and O–H groups in total. The van der Waals surface area contributed by atoms with E-state index in [0.29, 0.717) is 12.5 Å². The van der Waals surface area contributed by atoms with E-state index in [4.69, 9.17) is 5.11 Å². The highest BCUT2D eigenvalue weighted by Crippen LogP contribution is 2.27. The van der Waals surface area contributed by atoms with Gasteiger partial charge in [-0.1, -0.05) is 0 Å². The highest BCUT2D eigenvalue weighted by atomic mass is 16.3. The quantitative estimate of drug-likeness (QED) is 0.851. The third-order valence-corrected chi connectivity index (χ3v) is 4.40. The molecule has 7 heteroatoms. The minimum absolute atomic E-state index is 0.240. The molecular formula is C15H24N6O. The SMILES string of the molecule is CCn1c(Cn2cccn2)nnc1C1CCN(CCO)CC1. The average Bonchev–Trinajstić information content (AvgIpc) is 3.18. The topological polar surface area (TPSA) is 72.0 Å². The van der Waals surface area contributed by atoms with Crippen LogP contribution in [0.4, 0.5) is 0 Å². The van der Waals surface area contributed by atoms with Crippen LogP contribution in [-0.2, 0) is 13.1 Å². The first-order valence-electron chi connectivity index (χ1n) is 8.04. The van der Waals surface area contributed by atoms with Crippen molar-refractivity contribution in [3.8, 4) is 0 Å². The molecule has 0 amide bonds. The van der Waals surface area contributed by atoms with Gasteiger partial charge in [0.25, 0.3) is 0 Å². The van der Waals surface area contributed by atoms with Crippen LogP contribution in [0.1, 0.15) is 37.3 Å². The predicted octanol–water partition coefficient (Wildman–Crippen LogP) is 0.714. The maximum absolute atomic E-state index is 9.03. The first-order valence-corrected chi connectivity index (χ1v) is 8.04. The summed E-state index contributed by atoms with van der Waals surface area (Å²) in [5.41, 5.74) is 0. The van der Waals surface area contributed by atoms with Crippen molar-refractivity contribution in [1.29, 1.82) is 0 Å². The molecule has 2 aromatic rings. The zero-order valence-corrected chi connectivity index (χ0v) is 13.1. The summed E-state index contributed by atoms with van der Waals surface area (Å²) in [6, 6.07) is 1.92.